The molecule has 0 spiro atoms. The second-order valence-electron chi connectivity index (χ2n) is 6.46. The van der Waals surface area contributed by atoms with Gasteiger partial charge < -0.3 is 30.9 Å². The molecule has 0 aromatic carbocycles. The molecule has 0 aromatic heterocycles. The molecule has 0 aromatic rings. The van der Waals surface area contributed by atoms with Crippen LogP contribution in [0, 0.1) is 17.3 Å². The lowest BCUT2D eigenvalue weighted by atomic mass is 9.67. The smallest absolute Gasteiger partial charge is 0.312 e. The molecule has 1 aliphatic heterocycles. The first-order chi connectivity index (χ1) is 11.8. The molecular formula is C16H29N3O6. The van der Waals surface area contributed by atoms with Gasteiger partial charge in [-0.2, -0.15) is 0 Å². The highest BCUT2D eigenvalue weighted by molar-refractivity contribution is 5.88. The molecule has 1 rings (SSSR count). The molecule has 0 saturated carbocycles. The topological polar surface area (TPSA) is 140 Å². The van der Waals surface area contributed by atoms with Crippen LogP contribution in [0.25, 0.3) is 0 Å². The monoisotopic (exact) mass is 359 g/mol. The Morgan fingerprint density at radius 3 is 2.52 bits per heavy atom. The molecule has 1 aliphatic rings. The molecule has 5 N–H and O–H groups in total. The number of amides is 3. The van der Waals surface area contributed by atoms with E-state index in [1.807, 2.05) is 0 Å². The molecular weight excluding hydrogens is 330 g/mol. The van der Waals surface area contributed by atoms with E-state index >= 15 is 0 Å². The third kappa shape index (κ3) is 5.86. The fraction of sp³-hybridized carbons (Fsp3) is 0.812. The predicted octanol–water partition coefficient (Wildman–Crippen LogP) is -0.0589. The van der Waals surface area contributed by atoms with Crippen molar-refractivity contribution in [3.63, 3.8) is 0 Å². The third-order valence-corrected chi connectivity index (χ3v) is 4.58. The first-order valence-corrected chi connectivity index (χ1v) is 8.52. The number of rotatable bonds is 5. The highest BCUT2D eigenvalue weighted by atomic mass is 16.5. The maximum atomic E-state index is 12.7. The minimum absolute atomic E-state index is 0.0440. The van der Waals surface area contributed by atoms with Gasteiger partial charge in [-0.15, -0.1) is 0 Å². The lowest BCUT2D eigenvalue weighted by Crippen LogP contribution is -2.57. The van der Waals surface area contributed by atoms with Gasteiger partial charge in [-0.05, 0) is 18.8 Å². The number of carboxylic acids is 1. The minimum Gasteiger partial charge on any atom is -0.481 e. The van der Waals surface area contributed by atoms with Gasteiger partial charge in [-0.3, -0.25) is 9.59 Å². The lowest BCUT2D eigenvalue weighted by Gasteiger charge is -2.39. The number of primary amides is 1. The zero-order chi connectivity index (χ0) is 18.9. The predicted molar refractivity (Wildman–Crippen MR) is 89.9 cm³/mol. The quantitative estimate of drug-likeness (QED) is 0.542. The van der Waals surface area contributed by atoms with E-state index in [2.05, 4.69) is 10.6 Å². The average Bonchev–Trinajstić information content (AvgIpc) is 2.52. The molecule has 144 valence electrons. The van der Waals surface area contributed by atoms with Crippen molar-refractivity contribution in [1.29, 1.82) is 0 Å². The fourth-order valence-electron chi connectivity index (χ4n) is 2.97. The Bertz CT molecular complexity index is 471. The Labute approximate surface area is 147 Å². The zero-order valence-electron chi connectivity index (χ0n) is 14.9. The first kappa shape index (κ1) is 21.2. The average molecular weight is 359 g/mol. The Balaban J connectivity index is 3.10. The molecule has 1 fully saturated rings. The molecule has 9 heteroatoms. The number of hydrogen-bond acceptors (Lipinski definition) is 5. The van der Waals surface area contributed by atoms with Crippen LogP contribution in [0.3, 0.4) is 0 Å². The number of hydrogen-bond donors (Lipinski definition) is 4. The summed E-state index contributed by atoms with van der Waals surface area (Å²) < 4.78 is 11.0. The summed E-state index contributed by atoms with van der Waals surface area (Å²) in [4.78, 5) is 36.0. The molecule has 0 radical (unpaired) electrons. The number of ether oxygens (including phenoxy) is 2. The van der Waals surface area contributed by atoms with Gasteiger partial charge >= 0.3 is 12.0 Å². The van der Waals surface area contributed by atoms with Crippen molar-refractivity contribution < 1.29 is 29.0 Å². The van der Waals surface area contributed by atoms with Gasteiger partial charge in [0.2, 0.25) is 5.91 Å². The van der Waals surface area contributed by atoms with Crippen molar-refractivity contribution >= 4 is 17.9 Å². The normalized spacial score (nSPS) is 22.8. The maximum absolute atomic E-state index is 12.7. The number of nitrogens with two attached hydrogens (primary N) is 1. The van der Waals surface area contributed by atoms with Gasteiger partial charge in [0.1, 0.15) is 5.41 Å². The summed E-state index contributed by atoms with van der Waals surface area (Å²) >= 11 is 0. The summed E-state index contributed by atoms with van der Waals surface area (Å²) in [5.74, 6) is -3.04. The van der Waals surface area contributed by atoms with Gasteiger partial charge in [0, 0.05) is 26.3 Å². The van der Waals surface area contributed by atoms with Crippen LogP contribution in [-0.4, -0.2) is 62.5 Å². The number of urea groups is 1. The van der Waals surface area contributed by atoms with Crippen molar-refractivity contribution in [3.8, 4) is 0 Å². The van der Waals surface area contributed by atoms with Crippen LogP contribution in [0.2, 0.25) is 0 Å². The summed E-state index contributed by atoms with van der Waals surface area (Å²) in [5, 5.41) is 15.0. The van der Waals surface area contributed by atoms with E-state index in [0.717, 1.165) is 12.8 Å². The molecule has 2 unspecified atom stereocenters. The Morgan fingerprint density at radius 2 is 1.96 bits per heavy atom. The van der Waals surface area contributed by atoms with E-state index in [1.54, 1.807) is 13.8 Å². The standard InChI is InChI=1S/C16H29N3O6/c1-11(2)16(14(21)22,10-19-15(17)23)12-9-25-7-4-3-6-24-8-5-18-13(12)20/h11-12H,3-10H2,1-2H3,(H,18,20)(H,21,22)(H3,17,19,23). The van der Waals surface area contributed by atoms with Crippen molar-refractivity contribution in [2.24, 2.45) is 23.0 Å². The lowest BCUT2D eigenvalue weighted by molar-refractivity contribution is -0.163. The van der Waals surface area contributed by atoms with E-state index in [9.17, 15) is 19.5 Å². The largest absolute Gasteiger partial charge is 0.481 e. The van der Waals surface area contributed by atoms with Gasteiger partial charge in [0.15, 0.2) is 0 Å². The summed E-state index contributed by atoms with van der Waals surface area (Å²) in [7, 11) is 0. The second kappa shape index (κ2) is 10.2. The number of nitrogens with one attached hydrogen (secondary N) is 2. The van der Waals surface area contributed by atoms with E-state index in [1.165, 1.54) is 0 Å². The van der Waals surface area contributed by atoms with Crippen molar-refractivity contribution in [1.82, 2.24) is 10.6 Å². The van der Waals surface area contributed by atoms with E-state index in [-0.39, 0.29) is 19.7 Å². The summed E-state index contributed by atoms with van der Waals surface area (Å²) in [5.41, 5.74) is 3.57. The first-order valence-electron chi connectivity index (χ1n) is 8.52. The number of aliphatic carboxylic acids is 1. The van der Waals surface area contributed by atoms with Crippen LogP contribution in [0.1, 0.15) is 26.7 Å². The number of carbonyl (C=O) groups excluding carboxylic acids is 2. The molecule has 25 heavy (non-hydrogen) atoms. The molecule has 9 nitrogen and oxygen atoms in total. The Morgan fingerprint density at radius 1 is 1.32 bits per heavy atom. The van der Waals surface area contributed by atoms with Crippen LogP contribution in [0.15, 0.2) is 0 Å². The van der Waals surface area contributed by atoms with Crippen LogP contribution in [0.5, 0.6) is 0 Å². The Kier molecular flexibility index (Phi) is 8.64. The van der Waals surface area contributed by atoms with Crippen LogP contribution < -0.4 is 16.4 Å². The fourth-order valence-corrected chi connectivity index (χ4v) is 2.97. The SMILES string of the molecule is CC(C)C(CNC(N)=O)(C(=O)O)C1COCCCCOCCNC1=O. The van der Waals surface area contributed by atoms with Gasteiger partial charge in [-0.25, -0.2) is 4.79 Å². The molecule has 0 bridgehead atoms. The molecule has 1 saturated heterocycles. The van der Waals surface area contributed by atoms with Crippen molar-refractivity contribution in [3.05, 3.63) is 0 Å². The zero-order valence-corrected chi connectivity index (χ0v) is 14.9. The maximum Gasteiger partial charge on any atom is 0.312 e. The molecule has 1 heterocycles. The number of carbonyl (C=O) groups is 3. The second-order valence-corrected chi connectivity index (χ2v) is 6.46. The van der Waals surface area contributed by atoms with Gasteiger partial charge in [0.05, 0.1) is 19.1 Å². The number of carboxylic acid groups (broad SMARTS) is 1. The van der Waals surface area contributed by atoms with E-state index in [0.29, 0.717) is 19.8 Å². The highest BCUT2D eigenvalue weighted by Gasteiger charge is 2.52. The minimum atomic E-state index is -1.54. The third-order valence-electron chi connectivity index (χ3n) is 4.58. The summed E-state index contributed by atoms with van der Waals surface area (Å²) in [6.45, 7) is 4.74. The molecule has 2 atom stereocenters. The summed E-state index contributed by atoms with van der Waals surface area (Å²) in [6.07, 6.45) is 1.59. The van der Waals surface area contributed by atoms with E-state index < -0.39 is 35.2 Å². The van der Waals surface area contributed by atoms with Gasteiger partial charge in [0.25, 0.3) is 0 Å². The van der Waals surface area contributed by atoms with Gasteiger partial charge in [-0.1, -0.05) is 13.8 Å². The van der Waals surface area contributed by atoms with Crippen LogP contribution in [-0.2, 0) is 19.1 Å². The van der Waals surface area contributed by atoms with Crippen molar-refractivity contribution in [2.75, 3.05) is 39.5 Å². The van der Waals surface area contributed by atoms with Crippen LogP contribution >= 0.6 is 0 Å². The van der Waals surface area contributed by atoms with Crippen molar-refractivity contribution in [2.45, 2.75) is 26.7 Å². The summed E-state index contributed by atoms with van der Waals surface area (Å²) in [6, 6.07) is -0.839. The van der Waals surface area contributed by atoms with Crippen LogP contribution in [0.4, 0.5) is 4.79 Å². The molecule has 0 aliphatic carbocycles. The highest BCUT2D eigenvalue weighted by Crippen LogP contribution is 2.37. The Hall–Kier alpha value is -1.87. The van der Waals surface area contributed by atoms with E-state index in [4.69, 9.17) is 15.2 Å². The molecule has 3 amide bonds.